The van der Waals surface area contributed by atoms with E-state index in [1.165, 1.54) is 77.0 Å². The lowest BCUT2D eigenvalue weighted by Crippen LogP contribution is -2.25. The highest BCUT2D eigenvalue weighted by Crippen LogP contribution is 2.15. The minimum Gasteiger partial charge on any atom is -0.463 e. The van der Waals surface area contributed by atoms with E-state index in [1.54, 1.807) is 6.08 Å². The second-order valence-electron chi connectivity index (χ2n) is 12.6. The first kappa shape index (κ1) is 42.0. The van der Waals surface area contributed by atoms with Crippen LogP contribution in [0.25, 0.3) is 0 Å². The minimum absolute atomic E-state index is 0.146. The lowest BCUT2D eigenvalue weighted by atomic mass is 9.99. The van der Waals surface area contributed by atoms with Crippen molar-refractivity contribution in [1.29, 1.82) is 0 Å². The van der Waals surface area contributed by atoms with Gasteiger partial charge in [0, 0.05) is 19.3 Å². The zero-order valence-corrected chi connectivity index (χ0v) is 28.8. The number of hydrogen-bond acceptors (Lipinski definition) is 6. The summed E-state index contributed by atoms with van der Waals surface area (Å²) in [5.74, 6) is 0.376. The first-order valence-corrected chi connectivity index (χ1v) is 18.2. The van der Waals surface area contributed by atoms with Crippen molar-refractivity contribution in [2.24, 2.45) is 5.92 Å². The van der Waals surface area contributed by atoms with Gasteiger partial charge >= 0.3 is 11.9 Å². The molecule has 0 aliphatic carbocycles. The van der Waals surface area contributed by atoms with Gasteiger partial charge in [0.2, 0.25) is 0 Å². The highest BCUT2D eigenvalue weighted by Gasteiger charge is 2.12. The van der Waals surface area contributed by atoms with Gasteiger partial charge in [0.15, 0.2) is 5.78 Å². The Labute approximate surface area is 270 Å². The molecule has 1 unspecified atom stereocenters. The summed E-state index contributed by atoms with van der Waals surface area (Å²) in [6.07, 6.45) is 31.8. The molecule has 0 aromatic heterocycles. The topological polar surface area (TPSA) is 89.9 Å². The summed E-state index contributed by atoms with van der Waals surface area (Å²) < 4.78 is 10.3. The van der Waals surface area contributed by atoms with Crippen LogP contribution in [-0.4, -0.2) is 42.1 Å². The maximum absolute atomic E-state index is 11.9. The summed E-state index contributed by atoms with van der Waals surface area (Å²) in [6, 6.07) is 0. The SMILES string of the molecule is CCCCC/C=C\C=C\C(=O)CCCCCCCC(=O)OC[C@@H](O)COC(=O)CCCCCCCCCCCCC(C)CC. The zero-order valence-electron chi connectivity index (χ0n) is 28.8. The first-order valence-electron chi connectivity index (χ1n) is 18.2. The largest absolute Gasteiger partial charge is 0.463 e. The molecule has 0 aliphatic rings. The van der Waals surface area contributed by atoms with Crippen molar-refractivity contribution in [3.05, 3.63) is 24.3 Å². The number of ether oxygens (including phenoxy) is 2. The number of carbonyl (C=O) groups is 3. The van der Waals surface area contributed by atoms with Crippen LogP contribution < -0.4 is 0 Å². The lowest BCUT2D eigenvalue weighted by molar-refractivity contribution is -0.152. The van der Waals surface area contributed by atoms with Gasteiger partial charge in [-0.2, -0.15) is 0 Å². The molecule has 0 spiro atoms. The van der Waals surface area contributed by atoms with E-state index in [-0.39, 0.29) is 30.9 Å². The molecule has 2 atom stereocenters. The molecule has 6 heteroatoms. The molecule has 0 heterocycles. The number of rotatable bonds is 32. The van der Waals surface area contributed by atoms with E-state index in [9.17, 15) is 19.5 Å². The summed E-state index contributed by atoms with van der Waals surface area (Å²) in [4.78, 5) is 35.7. The Balaban J connectivity index is 3.54. The third kappa shape index (κ3) is 31.5. The van der Waals surface area contributed by atoms with Crippen LogP contribution in [0.2, 0.25) is 0 Å². The van der Waals surface area contributed by atoms with Gasteiger partial charge in [-0.1, -0.05) is 142 Å². The van der Waals surface area contributed by atoms with Crippen LogP contribution in [0.5, 0.6) is 0 Å². The van der Waals surface area contributed by atoms with Crippen LogP contribution >= 0.6 is 0 Å². The van der Waals surface area contributed by atoms with Gasteiger partial charge in [-0.3, -0.25) is 14.4 Å². The van der Waals surface area contributed by atoms with Gasteiger partial charge in [-0.15, -0.1) is 0 Å². The highest BCUT2D eigenvalue weighted by molar-refractivity contribution is 5.89. The summed E-state index contributed by atoms with van der Waals surface area (Å²) in [5, 5.41) is 9.98. The number of aliphatic hydroxyl groups is 1. The van der Waals surface area contributed by atoms with Crippen LogP contribution in [0.15, 0.2) is 24.3 Å². The number of esters is 2. The van der Waals surface area contributed by atoms with Crippen molar-refractivity contribution in [3.8, 4) is 0 Å². The Morgan fingerprint density at radius 3 is 1.59 bits per heavy atom. The smallest absolute Gasteiger partial charge is 0.305 e. The maximum atomic E-state index is 11.9. The van der Waals surface area contributed by atoms with Crippen LogP contribution in [0.1, 0.15) is 175 Å². The average molecular weight is 621 g/mol. The van der Waals surface area contributed by atoms with Crippen LogP contribution in [0.4, 0.5) is 0 Å². The zero-order chi connectivity index (χ0) is 32.5. The normalized spacial score (nSPS) is 13.0. The number of aliphatic hydroxyl groups excluding tert-OH is 1. The van der Waals surface area contributed by atoms with E-state index in [0.717, 1.165) is 63.7 Å². The number of carbonyl (C=O) groups excluding carboxylic acids is 3. The fourth-order valence-corrected chi connectivity index (χ4v) is 4.98. The van der Waals surface area contributed by atoms with Crippen molar-refractivity contribution < 1.29 is 29.0 Å². The van der Waals surface area contributed by atoms with Gasteiger partial charge in [-0.05, 0) is 44.1 Å². The number of hydrogen-bond donors (Lipinski definition) is 1. The molecule has 0 aromatic rings. The number of allylic oxidation sites excluding steroid dienone is 4. The molecule has 0 aromatic carbocycles. The van der Waals surface area contributed by atoms with E-state index in [1.807, 2.05) is 12.2 Å². The second-order valence-corrected chi connectivity index (χ2v) is 12.6. The van der Waals surface area contributed by atoms with Gasteiger partial charge in [0.25, 0.3) is 0 Å². The number of unbranched alkanes of at least 4 members (excludes halogenated alkanes) is 16. The molecule has 1 N–H and O–H groups in total. The average Bonchev–Trinajstić information content (AvgIpc) is 3.02. The summed E-state index contributed by atoms with van der Waals surface area (Å²) in [5.41, 5.74) is 0. The molecule has 0 saturated carbocycles. The predicted molar refractivity (Wildman–Crippen MR) is 183 cm³/mol. The summed E-state index contributed by atoms with van der Waals surface area (Å²) in [7, 11) is 0. The minimum atomic E-state index is -0.999. The van der Waals surface area contributed by atoms with Crippen molar-refractivity contribution in [2.45, 2.75) is 181 Å². The van der Waals surface area contributed by atoms with Crippen molar-refractivity contribution in [1.82, 2.24) is 0 Å². The van der Waals surface area contributed by atoms with Gasteiger partial charge in [-0.25, -0.2) is 0 Å². The third-order valence-corrected chi connectivity index (χ3v) is 8.21. The molecule has 0 fully saturated rings. The lowest BCUT2D eigenvalue weighted by Gasteiger charge is -2.12. The van der Waals surface area contributed by atoms with Gasteiger partial charge < -0.3 is 14.6 Å². The number of ketones is 1. The fraction of sp³-hybridized carbons (Fsp3) is 0.816. The van der Waals surface area contributed by atoms with E-state index in [2.05, 4.69) is 26.8 Å². The molecule has 44 heavy (non-hydrogen) atoms. The Morgan fingerprint density at radius 1 is 0.614 bits per heavy atom. The Morgan fingerprint density at radius 2 is 1.09 bits per heavy atom. The van der Waals surface area contributed by atoms with E-state index < -0.39 is 6.10 Å². The summed E-state index contributed by atoms with van der Waals surface area (Å²) >= 11 is 0. The Bertz CT molecular complexity index is 744. The molecular formula is C38H68O6. The molecule has 0 radical (unpaired) electrons. The van der Waals surface area contributed by atoms with Crippen molar-refractivity contribution >= 4 is 17.7 Å². The maximum Gasteiger partial charge on any atom is 0.305 e. The van der Waals surface area contributed by atoms with Crippen molar-refractivity contribution in [2.75, 3.05) is 13.2 Å². The Kier molecular flexibility index (Phi) is 31.0. The second kappa shape index (κ2) is 32.4. The van der Waals surface area contributed by atoms with E-state index in [4.69, 9.17) is 9.47 Å². The Hall–Kier alpha value is -1.95. The molecule has 6 nitrogen and oxygen atoms in total. The van der Waals surface area contributed by atoms with E-state index >= 15 is 0 Å². The molecule has 0 rings (SSSR count). The van der Waals surface area contributed by atoms with Crippen LogP contribution in [0.3, 0.4) is 0 Å². The van der Waals surface area contributed by atoms with E-state index in [0.29, 0.717) is 19.3 Å². The fourth-order valence-electron chi connectivity index (χ4n) is 4.98. The van der Waals surface area contributed by atoms with Gasteiger partial charge in [0.1, 0.15) is 19.3 Å². The van der Waals surface area contributed by atoms with Crippen LogP contribution in [0, 0.1) is 5.92 Å². The molecular weight excluding hydrogens is 552 g/mol. The molecule has 0 aliphatic heterocycles. The molecule has 0 bridgehead atoms. The van der Waals surface area contributed by atoms with Crippen molar-refractivity contribution in [3.63, 3.8) is 0 Å². The quantitative estimate of drug-likeness (QED) is 0.0348. The summed E-state index contributed by atoms with van der Waals surface area (Å²) in [6.45, 7) is 6.50. The van der Waals surface area contributed by atoms with Gasteiger partial charge in [0.05, 0.1) is 0 Å². The molecule has 0 saturated heterocycles. The monoisotopic (exact) mass is 621 g/mol. The van der Waals surface area contributed by atoms with Crippen LogP contribution in [-0.2, 0) is 23.9 Å². The third-order valence-electron chi connectivity index (χ3n) is 8.21. The highest BCUT2D eigenvalue weighted by atomic mass is 16.6. The molecule has 0 amide bonds. The standard InChI is InChI=1S/C38H68O6/c1-4-6-7-8-13-18-23-28-35(39)29-24-19-16-21-26-31-38(42)44-33-36(40)32-43-37(41)30-25-20-15-12-10-9-11-14-17-22-27-34(3)5-2/h13,18,23,28,34,36,40H,4-12,14-17,19-22,24-27,29-33H2,1-3H3/b18-13-,28-23+/t34?,36-/m0/s1. The molecule has 256 valence electrons. The first-order chi connectivity index (χ1) is 21.4. The predicted octanol–water partition coefficient (Wildman–Crippen LogP) is 10.2.